The number of nitrogens with zero attached hydrogens (tertiary/aromatic N) is 3. The molecule has 0 radical (unpaired) electrons. The number of hydrogen-bond donors (Lipinski definition) is 1. The molecule has 0 saturated heterocycles. The van der Waals surface area contributed by atoms with Gasteiger partial charge >= 0.3 is 5.97 Å². The molecule has 0 fully saturated rings. The van der Waals surface area contributed by atoms with Gasteiger partial charge in [-0.15, -0.1) is 0 Å². The number of fused-ring (bicyclic) bond motifs is 1. The molecule has 2 aromatic heterocycles. The van der Waals surface area contributed by atoms with Gasteiger partial charge in [0.1, 0.15) is 18.0 Å². The second-order valence-corrected chi connectivity index (χ2v) is 7.37. The molecule has 1 amide bonds. The summed E-state index contributed by atoms with van der Waals surface area (Å²) in [5.41, 5.74) is 7.73. The van der Waals surface area contributed by atoms with Crippen LogP contribution in [0.3, 0.4) is 0 Å². The van der Waals surface area contributed by atoms with E-state index in [1.54, 1.807) is 23.2 Å². The van der Waals surface area contributed by atoms with Crippen LogP contribution in [-0.2, 0) is 16.1 Å². The molecule has 0 aliphatic rings. The molecule has 140 valence electrons. The number of carbonyl (C=O) groups excluding carboxylic acids is 2. The fraction of sp³-hybridized carbons (Fsp3) is 0.300. The van der Waals surface area contributed by atoms with E-state index in [0.717, 1.165) is 16.6 Å². The average Bonchev–Trinajstić information content (AvgIpc) is 2.92. The number of aromatic nitrogens is 3. The first kappa shape index (κ1) is 18.6. The van der Waals surface area contributed by atoms with Gasteiger partial charge < -0.3 is 15.0 Å². The molecule has 2 heterocycles. The van der Waals surface area contributed by atoms with Crippen molar-refractivity contribution >= 4 is 22.8 Å². The number of ether oxygens (including phenoxy) is 1. The lowest BCUT2D eigenvalue weighted by Gasteiger charge is -2.19. The van der Waals surface area contributed by atoms with E-state index < -0.39 is 11.5 Å². The molecule has 7 heteroatoms. The first-order valence-corrected chi connectivity index (χ1v) is 8.57. The number of hydrogen-bond acceptors (Lipinski definition) is 5. The van der Waals surface area contributed by atoms with Gasteiger partial charge in [-0.05, 0) is 45.4 Å². The van der Waals surface area contributed by atoms with Gasteiger partial charge in [0.25, 0.3) is 5.91 Å². The van der Waals surface area contributed by atoms with Crippen molar-refractivity contribution in [1.29, 1.82) is 0 Å². The Balaban J connectivity index is 2.03. The smallest absolute Gasteiger partial charge is 0.326 e. The Kier molecular flexibility index (Phi) is 4.70. The molecule has 3 aromatic rings. The summed E-state index contributed by atoms with van der Waals surface area (Å²) in [6, 6.07) is 5.60. The SMILES string of the molecule is Cc1ncc(-c2ccc3c(c2)c(C(N)=O)cn3CC(=O)OC(C)(C)C)cn1. The highest BCUT2D eigenvalue weighted by atomic mass is 16.6. The molecular weight excluding hydrogens is 344 g/mol. The number of carbonyl (C=O) groups is 2. The van der Waals surface area contributed by atoms with E-state index >= 15 is 0 Å². The highest BCUT2D eigenvalue weighted by Crippen LogP contribution is 2.28. The number of aryl methyl sites for hydroxylation is 1. The van der Waals surface area contributed by atoms with Crippen LogP contribution in [0.15, 0.2) is 36.8 Å². The highest BCUT2D eigenvalue weighted by molar-refractivity contribution is 6.07. The predicted octanol–water partition coefficient (Wildman–Crippen LogP) is 2.85. The Morgan fingerprint density at radius 2 is 1.81 bits per heavy atom. The van der Waals surface area contributed by atoms with E-state index in [2.05, 4.69) is 9.97 Å². The summed E-state index contributed by atoms with van der Waals surface area (Å²) >= 11 is 0. The summed E-state index contributed by atoms with van der Waals surface area (Å²) in [4.78, 5) is 32.5. The third kappa shape index (κ3) is 4.13. The van der Waals surface area contributed by atoms with Crippen molar-refractivity contribution < 1.29 is 14.3 Å². The Labute approximate surface area is 157 Å². The summed E-state index contributed by atoms with van der Waals surface area (Å²) in [6.07, 6.45) is 5.04. The molecule has 1 aromatic carbocycles. The largest absolute Gasteiger partial charge is 0.459 e. The second kappa shape index (κ2) is 6.83. The Morgan fingerprint density at radius 3 is 2.41 bits per heavy atom. The van der Waals surface area contributed by atoms with Crippen LogP contribution in [0.2, 0.25) is 0 Å². The third-order valence-electron chi connectivity index (χ3n) is 3.98. The minimum absolute atomic E-state index is 0.00591. The fourth-order valence-electron chi connectivity index (χ4n) is 2.86. The van der Waals surface area contributed by atoms with E-state index in [1.165, 1.54) is 0 Å². The first-order chi connectivity index (χ1) is 12.6. The lowest BCUT2D eigenvalue weighted by atomic mass is 10.0. The second-order valence-electron chi connectivity index (χ2n) is 7.37. The molecule has 0 bridgehead atoms. The molecule has 0 unspecified atom stereocenters. The lowest BCUT2D eigenvalue weighted by molar-refractivity contribution is -0.155. The van der Waals surface area contributed by atoms with Gasteiger partial charge in [-0.25, -0.2) is 9.97 Å². The van der Waals surface area contributed by atoms with Crippen molar-refractivity contribution in [2.24, 2.45) is 5.73 Å². The predicted molar refractivity (Wildman–Crippen MR) is 102 cm³/mol. The molecule has 0 spiro atoms. The standard InChI is InChI=1S/C20H22N4O3/c1-12-22-8-14(9-23-12)13-5-6-17-15(7-13)16(19(21)26)10-24(17)11-18(25)27-20(2,3)4/h5-10H,11H2,1-4H3,(H2,21,26). The molecular formula is C20H22N4O3. The number of rotatable bonds is 4. The van der Waals surface area contributed by atoms with Gasteiger partial charge in [0.05, 0.1) is 5.56 Å². The minimum Gasteiger partial charge on any atom is -0.459 e. The van der Waals surface area contributed by atoms with Gasteiger partial charge in [-0.2, -0.15) is 0 Å². The van der Waals surface area contributed by atoms with Crippen molar-refractivity contribution in [2.45, 2.75) is 39.8 Å². The summed E-state index contributed by atoms with van der Waals surface area (Å²) < 4.78 is 7.05. The Bertz CT molecular complexity index is 1010. The number of esters is 1. The van der Waals surface area contributed by atoms with Crippen molar-refractivity contribution in [3.8, 4) is 11.1 Å². The molecule has 0 atom stereocenters. The minimum atomic E-state index is -0.578. The number of amides is 1. The topological polar surface area (TPSA) is 100 Å². The molecule has 7 nitrogen and oxygen atoms in total. The number of primary amides is 1. The third-order valence-corrected chi connectivity index (χ3v) is 3.98. The van der Waals surface area contributed by atoms with Crippen molar-refractivity contribution in [1.82, 2.24) is 14.5 Å². The normalized spacial score (nSPS) is 11.6. The van der Waals surface area contributed by atoms with Crippen LogP contribution in [-0.4, -0.2) is 32.0 Å². The lowest BCUT2D eigenvalue weighted by Crippen LogP contribution is -2.26. The molecule has 2 N–H and O–H groups in total. The van der Waals surface area contributed by atoms with Gasteiger partial charge in [-0.3, -0.25) is 9.59 Å². The van der Waals surface area contributed by atoms with Crippen LogP contribution in [0.25, 0.3) is 22.0 Å². The summed E-state index contributed by atoms with van der Waals surface area (Å²) in [5, 5.41) is 0.670. The van der Waals surface area contributed by atoms with Gasteiger partial charge in [0, 0.05) is 35.1 Å². The van der Waals surface area contributed by atoms with E-state index in [4.69, 9.17) is 10.5 Å². The van der Waals surface area contributed by atoms with Crippen LogP contribution >= 0.6 is 0 Å². The van der Waals surface area contributed by atoms with Crippen LogP contribution in [0, 0.1) is 6.92 Å². The fourth-order valence-corrected chi connectivity index (χ4v) is 2.86. The monoisotopic (exact) mass is 366 g/mol. The average molecular weight is 366 g/mol. The number of benzene rings is 1. The zero-order valence-corrected chi connectivity index (χ0v) is 15.8. The van der Waals surface area contributed by atoms with Crippen LogP contribution in [0.5, 0.6) is 0 Å². The zero-order valence-electron chi connectivity index (χ0n) is 15.8. The van der Waals surface area contributed by atoms with E-state index in [0.29, 0.717) is 16.8 Å². The molecule has 0 saturated carbocycles. The van der Waals surface area contributed by atoms with Gasteiger partial charge in [-0.1, -0.05) is 6.07 Å². The number of nitrogens with two attached hydrogens (primary N) is 1. The van der Waals surface area contributed by atoms with E-state index in [9.17, 15) is 9.59 Å². The maximum absolute atomic E-state index is 12.2. The maximum Gasteiger partial charge on any atom is 0.326 e. The van der Waals surface area contributed by atoms with Crippen molar-refractivity contribution in [2.75, 3.05) is 0 Å². The summed E-state index contributed by atoms with van der Waals surface area (Å²) in [5.74, 6) is -0.257. The van der Waals surface area contributed by atoms with E-state index in [-0.39, 0.29) is 12.5 Å². The first-order valence-electron chi connectivity index (χ1n) is 8.57. The summed E-state index contributed by atoms with van der Waals surface area (Å²) in [7, 11) is 0. The van der Waals surface area contributed by atoms with Crippen LogP contribution < -0.4 is 5.73 Å². The van der Waals surface area contributed by atoms with E-state index in [1.807, 2.05) is 45.9 Å². The van der Waals surface area contributed by atoms with Crippen LogP contribution in [0.1, 0.15) is 37.0 Å². The maximum atomic E-state index is 12.2. The van der Waals surface area contributed by atoms with Gasteiger partial charge in [0.15, 0.2) is 0 Å². The molecule has 0 aliphatic heterocycles. The Hall–Kier alpha value is -3.22. The highest BCUT2D eigenvalue weighted by Gasteiger charge is 2.19. The quantitative estimate of drug-likeness (QED) is 0.716. The molecule has 0 aliphatic carbocycles. The molecule has 3 rings (SSSR count). The molecule has 27 heavy (non-hydrogen) atoms. The zero-order chi connectivity index (χ0) is 19.8. The van der Waals surface area contributed by atoms with Crippen LogP contribution in [0.4, 0.5) is 0 Å². The van der Waals surface area contributed by atoms with Crippen molar-refractivity contribution in [3.63, 3.8) is 0 Å². The Morgan fingerprint density at radius 1 is 1.15 bits per heavy atom. The summed E-state index contributed by atoms with van der Waals surface area (Å²) in [6.45, 7) is 7.24. The van der Waals surface area contributed by atoms with Crippen molar-refractivity contribution in [3.05, 3.63) is 48.2 Å². The van der Waals surface area contributed by atoms with Gasteiger partial charge in [0.2, 0.25) is 0 Å².